The van der Waals surface area contributed by atoms with E-state index in [0.29, 0.717) is 0 Å². The average Bonchev–Trinajstić information content (AvgIpc) is 2.50. The molecule has 0 N–H and O–H groups in total. The van der Waals surface area contributed by atoms with Crippen molar-refractivity contribution in [3.05, 3.63) is 30.1 Å². The van der Waals surface area contributed by atoms with Crippen molar-refractivity contribution in [2.45, 2.75) is 77.7 Å². The van der Waals surface area contributed by atoms with Crippen LogP contribution in [0.15, 0.2) is 24.5 Å². The summed E-state index contributed by atoms with van der Waals surface area (Å²) in [6.07, 6.45) is 17.9. The molecular weight excluding hydrogens is 256 g/mol. The van der Waals surface area contributed by atoms with Crippen LogP contribution in [0, 0.1) is 0 Å². The minimum atomic E-state index is 1.04. The van der Waals surface area contributed by atoms with Crippen LogP contribution in [0.25, 0.3) is 0 Å². The van der Waals surface area contributed by atoms with Crippen LogP contribution in [0.2, 0.25) is 0 Å². The molecule has 1 heterocycles. The highest BCUT2D eigenvalue weighted by molar-refractivity contribution is 5.09. The van der Waals surface area contributed by atoms with E-state index in [0.717, 1.165) is 6.54 Å². The summed E-state index contributed by atoms with van der Waals surface area (Å²) in [6.45, 7) is 4.53. The van der Waals surface area contributed by atoms with Gasteiger partial charge in [-0.1, -0.05) is 64.7 Å². The van der Waals surface area contributed by atoms with Crippen molar-refractivity contribution < 1.29 is 0 Å². The van der Waals surface area contributed by atoms with Gasteiger partial charge in [-0.05, 0) is 37.7 Å². The predicted molar refractivity (Wildman–Crippen MR) is 92.4 cm³/mol. The number of hydrogen-bond acceptors (Lipinski definition) is 2. The quantitative estimate of drug-likeness (QED) is 0.450. The summed E-state index contributed by atoms with van der Waals surface area (Å²) in [5, 5.41) is 0. The van der Waals surface area contributed by atoms with Crippen LogP contribution in [0.3, 0.4) is 0 Å². The van der Waals surface area contributed by atoms with Crippen LogP contribution in [0.1, 0.15) is 76.7 Å². The number of hydrogen-bond donors (Lipinski definition) is 0. The maximum atomic E-state index is 4.06. The van der Waals surface area contributed by atoms with Gasteiger partial charge in [0.2, 0.25) is 0 Å². The minimum Gasteiger partial charge on any atom is -0.302 e. The van der Waals surface area contributed by atoms with Crippen LogP contribution in [0.4, 0.5) is 0 Å². The first-order chi connectivity index (χ1) is 10.3. The molecule has 0 bridgehead atoms. The minimum absolute atomic E-state index is 1.04. The second kappa shape index (κ2) is 12.8. The molecule has 0 aromatic carbocycles. The lowest BCUT2D eigenvalue weighted by Gasteiger charge is -2.16. The standard InChI is InChI=1S/C19H34N2/c1-3-4-5-6-7-8-9-10-11-12-17-21(2)18-19-13-15-20-16-14-19/h13-16H,3-12,17-18H2,1-2H3. The molecule has 0 fully saturated rings. The molecule has 0 amide bonds. The van der Waals surface area contributed by atoms with Crippen molar-refractivity contribution in [3.8, 4) is 0 Å². The van der Waals surface area contributed by atoms with Gasteiger partial charge < -0.3 is 4.90 Å². The van der Waals surface area contributed by atoms with E-state index in [2.05, 4.69) is 36.0 Å². The van der Waals surface area contributed by atoms with Crippen LogP contribution < -0.4 is 0 Å². The van der Waals surface area contributed by atoms with E-state index in [1.165, 1.54) is 76.3 Å². The van der Waals surface area contributed by atoms with Crippen LogP contribution in [0.5, 0.6) is 0 Å². The molecule has 2 heteroatoms. The molecule has 0 spiro atoms. The van der Waals surface area contributed by atoms with Gasteiger partial charge in [0.25, 0.3) is 0 Å². The number of aromatic nitrogens is 1. The molecular formula is C19H34N2. The third-order valence-corrected chi connectivity index (χ3v) is 4.10. The average molecular weight is 290 g/mol. The van der Waals surface area contributed by atoms with Gasteiger partial charge in [-0.15, -0.1) is 0 Å². The van der Waals surface area contributed by atoms with Crippen LogP contribution >= 0.6 is 0 Å². The van der Waals surface area contributed by atoms with E-state index in [9.17, 15) is 0 Å². The summed E-state index contributed by atoms with van der Waals surface area (Å²) < 4.78 is 0. The largest absolute Gasteiger partial charge is 0.302 e. The summed E-state index contributed by atoms with van der Waals surface area (Å²) in [5.74, 6) is 0. The van der Waals surface area contributed by atoms with Gasteiger partial charge in [-0.25, -0.2) is 0 Å². The Kier molecular flexibility index (Phi) is 11.1. The maximum Gasteiger partial charge on any atom is 0.0271 e. The molecule has 2 nitrogen and oxygen atoms in total. The first kappa shape index (κ1) is 18.2. The molecule has 0 radical (unpaired) electrons. The van der Waals surface area contributed by atoms with Crippen molar-refractivity contribution >= 4 is 0 Å². The Hall–Kier alpha value is -0.890. The van der Waals surface area contributed by atoms with Gasteiger partial charge in [0.15, 0.2) is 0 Å². The third-order valence-electron chi connectivity index (χ3n) is 4.10. The zero-order chi connectivity index (χ0) is 15.2. The fourth-order valence-corrected chi connectivity index (χ4v) is 2.75. The molecule has 1 aromatic heterocycles. The van der Waals surface area contributed by atoms with E-state index in [4.69, 9.17) is 0 Å². The Bertz CT molecular complexity index is 324. The zero-order valence-corrected chi connectivity index (χ0v) is 14.2. The Morgan fingerprint density at radius 1 is 0.810 bits per heavy atom. The Labute approximate surface area is 132 Å². The van der Waals surface area contributed by atoms with E-state index < -0.39 is 0 Å². The maximum absolute atomic E-state index is 4.06. The molecule has 1 rings (SSSR count). The van der Waals surface area contributed by atoms with Crippen molar-refractivity contribution in [1.29, 1.82) is 0 Å². The highest BCUT2D eigenvalue weighted by Crippen LogP contribution is 2.11. The molecule has 0 saturated heterocycles. The smallest absolute Gasteiger partial charge is 0.0271 e. The lowest BCUT2D eigenvalue weighted by Crippen LogP contribution is -2.19. The first-order valence-corrected chi connectivity index (χ1v) is 8.90. The number of nitrogens with zero attached hydrogens (tertiary/aromatic N) is 2. The van der Waals surface area contributed by atoms with E-state index in [1.807, 2.05) is 12.4 Å². The number of pyridine rings is 1. The monoisotopic (exact) mass is 290 g/mol. The summed E-state index contributed by atoms with van der Waals surface area (Å²) in [5.41, 5.74) is 1.36. The van der Waals surface area contributed by atoms with Gasteiger partial charge in [0.05, 0.1) is 0 Å². The van der Waals surface area contributed by atoms with Crippen LogP contribution in [-0.2, 0) is 6.54 Å². The second-order valence-electron chi connectivity index (χ2n) is 6.28. The predicted octanol–water partition coefficient (Wildman–Crippen LogP) is 5.43. The van der Waals surface area contributed by atoms with E-state index >= 15 is 0 Å². The SMILES string of the molecule is CCCCCCCCCCCCN(C)Cc1ccncc1. The second-order valence-corrected chi connectivity index (χ2v) is 6.28. The highest BCUT2D eigenvalue weighted by atomic mass is 15.1. The topological polar surface area (TPSA) is 16.1 Å². The molecule has 0 unspecified atom stereocenters. The fraction of sp³-hybridized carbons (Fsp3) is 0.737. The van der Waals surface area contributed by atoms with E-state index in [-0.39, 0.29) is 0 Å². The summed E-state index contributed by atoms with van der Waals surface area (Å²) >= 11 is 0. The van der Waals surface area contributed by atoms with Crippen molar-refractivity contribution in [2.75, 3.05) is 13.6 Å². The molecule has 0 saturated carbocycles. The Morgan fingerprint density at radius 2 is 1.33 bits per heavy atom. The van der Waals surface area contributed by atoms with Gasteiger partial charge in [0, 0.05) is 18.9 Å². The lowest BCUT2D eigenvalue weighted by atomic mass is 10.1. The third kappa shape index (κ3) is 10.5. The normalized spacial score (nSPS) is 11.2. The van der Waals surface area contributed by atoms with Crippen LogP contribution in [-0.4, -0.2) is 23.5 Å². The molecule has 0 aliphatic heterocycles. The number of unbranched alkanes of at least 4 members (excludes halogenated alkanes) is 9. The summed E-state index contributed by atoms with van der Waals surface area (Å²) in [7, 11) is 2.22. The van der Waals surface area contributed by atoms with Crippen molar-refractivity contribution in [1.82, 2.24) is 9.88 Å². The first-order valence-electron chi connectivity index (χ1n) is 8.90. The Morgan fingerprint density at radius 3 is 1.90 bits per heavy atom. The fourth-order valence-electron chi connectivity index (χ4n) is 2.75. The summed E-state index contributed by atoms with van der Waals surface area (Å²) in [6, 6.07) is 4.21. The molecule has 21 heavy (non-hydrogen) atoms. The van der Waals surface area contributed by atoms with Gasteiger partial charge in [-0.2, -0.15) is 0 Å². The van der Waals surface area contributed by atoms with Gasteiger partial charge in [0.1, 0.15) is 0 Å². The van der Waals surface area contributed by atoms with E-state index in [1.54, 1.807) is 0 Å². The highest BCUT2D eigenvalue weighted by Gasteiger charge is 2.00. The number of rotatable bonds is 13. The Balaban J connectivity index is 1.87. The molecule has 120 valence electrons. The van der Waals surface area contributed by atoms with Crippen molar-refractivity contribution in [3.63, 3.8) is 0 Å². The molecule has 0 atom stereocenters. The van der Waals surface area contributed by atoms with Crippen molar-refractivity contribution in [2.24, 2.45) is 0 Å². The summed E-state index contributed by atoms with van der Waals surface area (Å²) in [4.78, 5) is 6.48. The van der Waals surface area contributed by atoms with Gasteiger partial charge >= 0.3 is 0 Å². The molecule has 1 aromatic rings. The molecule has 0 aliphatic carbocycles. The lowest BCUT2D eigenvalue weighted by molar-refractivity contribution is 0.316. The van der Waals surface area contributed by atoms with Gasteiger partial charge in [-0.3, -0.25) is 4.98 Å². The zero-order valence-electron chi connectivity index (χ0n) is 14.2. The molecule has 0 aliphatic rings.